The third-order valence-electron chi connectivity index (χ3n) is 6.13. The van der Waals surface area contributed by atoms with Crippen molar-refractivity contribution in [1.29, 1.82) is 0 Å². The number of nitrogens with zero attached hydrogens (tertiary/aromatic N) is 3. The Labute approximate surface area is 199 Å². The molecule has 2 fully saturated rings. The lowest BCUT2D eigenvalue weighted by Crippen LogP contribution is -2.40. The summed E-state index contributed by atoms with van der Waals surface area (Å²) in [5, 5.41) is 10.6. The van der Waals surface area contributed by atoms with Gasteiger partial charge in [-0.2, -0.15) is 4.31 Å². The lowest BCUT2D eigenvalue weighted by Gasteiger charge is -2.26. The molecule has 1 aliphatic carbocycles. The molecule has 0 unspecified atom stereocenters. The smallest absolute Gasteiger partial charge is 0.243 e. The molecule has 2 aliphatic rings. The zero-order chi connectivity index (χ0) is 23.1. The Kier molecular flexibility index (Phi) is 8.39. The lowest BCUT2D eigenvalue weighted by molar-refractivity contribution is -0.118. The summed E-state index contributed by atoms with van der Waals surface area (Å²) >= 11 is 1.30. The summed E-state index contributed by atoms with van der Waals surface area (Å²) in [6.07, 6.45) is 7.38. The fraction of sp³-hybridized carbons (Fsp3) is 0.591. The number of aromatic amines is 1. The number of hydrogen-bond donors (Lipinski definition) is 2. The number of benzene rings is 1. The van der Waals surface area contributed by atoms with Gasteiger partial charge in [0.2, 0.25) is 21.1 Å². The highest BCUT2D eigenvalue weighted by atomic mass is 32.2. The SMILES string of the molecule is O=C(CSc1n[nH]c(CCC2CCCC2)n1)NCc1ccc(S(=O)(=O)N2CCOCC2)cc1. The first-order valence-corrected chi connectivity index (χ1v) is 13.9. The topological polar surface area (TPSA) is 117 Å². The van der Waals surface area contributed by atoms with Crippen LogP contribution in [0.3, 0.4) is 0 Å². The van der Waals surface area contributed by atoms with Crippen molar-refractivity contribution in [3.05, 3.63) is 35.7 Å². The van der Waals surface area contributed by atoms with Crippen molar-refractivity contribution in [1.82, 2.24) is 24.8 Å². The van der Waals surface area contributed by atoms with Crippen molar-refractivity contribution in [3.63, 3.8) is 0 Å². The summed E-state index contributed by atoms with van der Waals surface area (Å²) in [5.74, 6) is 1.80. The second-order valence-corrected chi connectivity index (χ2v) is 11.4. The number of morpholine rings is 1. The van der Waals surface area contributed by atoms with Crippen LogP contribution in [0.4, 0.5) is 0 Å². The van der Waals surface area contributed by atoms with E-state index in [-0.39, 0.29) is 16.6 Å². The fourth-order valence-electron chi connectivity index (χ4n) is 4.19. The molecule has 2 aromatic rings. The first-order valence-electron chi connectivity index (χ1n) is 11.5. The maximum absolute atomic E-state index is 12.7. The minimum atomic E-state index is -3.51. The van der Waals surface area contributed by atoms with Gasteiger partial charge in [-0.1, -0.05) is 49.6 Å². The summed E-state index contributed by atoms with van der Waals surface area (Å²) in [5.41, 5.74) is 0.835. The van der Waals surface area contributed by atoms with Gasteiger partial charge in [-0.3, -0.25) is 9.89 Å². The van der Waals surface area contributed by atoms with Gasteiger partial charge in [0.1, 0.15) is 5.82 Å². The van der Waals surface area contributed by atoms with Gasteiger partial charge in [0.25, 0.3) is 0 Å². The van der Waals surface area contributed by atoms with Crippen LogP contribution in [0.15, 0.2) is 34.3 Å². The number of ether oxygens (including phenoxy) is 1. The van der Waals surface area contributed by atoms with E-state index >= 15 is 0 Å². The van der Waals surface area contributed by atoms with Crippen LogP contribution in [0.25, 0.3) is 0 Å². The molecule has 0 bridgehead atoms. The zero-order valence-electron chi connectivity index (χ0n) is 18.7. The van der Waals surface area contributed by atoms with E-state index in [1.807, 2.05) is 0 Å². The molecule has 9 nitrogen and oxygen atoms in total. The Bertz CT molecular complexity index is 1010. The van der Waals surface area contributed by atoms with Crippen LogP contribution in [0.1, 0.15) is 43.5 Å². The molecule has 1 aromatic heterocycles. The van der Waals surface area contributed by atoms with E-state index in [4.69, 9.17) is 4.74 Å². The molecule has 0 atom stereocenters. The third kappa shape index (κ3) is 6.78. The highest BCUT2D eigenvalue weighted by Gasteiger charge is 2.26. The first kappa shape index (κ1) is 24.2. The number of H-pyrrole nitrogens is 1. The predicted octanol–water partition coefficient (Wildman–Crippen LogP) is 2.36. The predicted molar refractivity (Wildman–Crippen MR) is 125 cm³/mol. The second kappa shape index (κ2) is 11.5. The van der Waals surface area contributed by atoms with E-state index in [1.165, 1.54) is 41.8 Å². The molecule has 1 amide bonds. The minimum Gasteiger partial charge on any atom is -0.379 e. The van der Waals surface area contributed by atoms with Gasteiger partial charge in [0.15, 0.2) is 0 Å². The molecule has 0 radical (unpaired) electrons. The van der Waals surface area contributed by atoms with E-state index in [0.717, 1.165) is 30.1 Å². The van der Waals surface area contributed by atoms with Crippen LogP contribution in [-0.4, -0.2) is 65.9 Å². The van der Waals surface area contributed by atoms with Gasteiger partial charge in [-0.05, 0) is 30.0 Å². The average Bonchev–Trinajstić information content (AvgIpc) is 3.53. The number of nitrogens with one attached hydrogen (secondary N) is 2. The first-order chi connectivity index (χ1) is 16.0. The molecule has 33 heavy (non-hydrogen) atoms. The number of aryl methyl sites for hydroxylation is 1. The molecule has 2 N–H and O–H groups in total. The molecule has 11 heteroatoms. The number of amides is 1. The zero-order valence-corrected chi connectivity index (χ0v) is 20.3. The van der Waals surface area contributed by atoms with Gasteiger partial charge >= 0.3 is 0 Å². The van der Waals surface area contributed by atoms with Crippen molar-refractivity contribution >= 4 is 27.7 Å². The van der Waals surface area contributed by atoms with Crippen LogP contribution in [0.5, 0.6) is 0 Å². The van der Waals surface area contributed by atoms with Crippen LogP contribution >= 0.6 is 11.8 Å². The van der Waals surface area contributed by atoms with Crippen LogP contribution in [-0.2, 0) is 32.5 Å². The fourth-order valence-corrected chi connectivity index (χ4v) is 6.25. The van der Waals surface area contributed by atoms with Crippen LogP contribution in [0.2, 0.25) is 0 Å². The summed E-state index contributed by atoms with van der Waals surface area (Å²) in [6, 6.07) is 6.63. The number of hydrogen-bond acceptors (Lipinski definition) is 7. The van der Waals surface area contributed by atoms with Crippen molar-refractivity contribution in [2.24, 2.45) is 5.92 Å². The minimum absolute atomic E-state index is 0.123. The molecule has 4 rings (SSSR count). The monoisotopic (exact) mass is 493 g/mol. The molecule has 1 aliphatic heterocycles. The highest BCUT2D eigenvalue weighted by molar-refractivity contribution is 7.99. The van der Waals surface area contributed by atoms with Gasteiger partial charge in [-0.15, -0.1) is 5.10 Å². The Morgan fingerprint density at radius 1 is 1.18 bits per heavy atom. The third-order valence-corrected chi connectivity index (χ3v) is 8.89. The molecular weight excluding hydrogens is 462 g/mol. The van der Waals surface area contributed by atoms with Gasteiger partial charge in [-0.25, -0.2) is 13.4 Å². The number of carbonyl (C=O) groups excluding carboxylic acids is 1. The van der Waals surface area contributed by atoms with Crippen molar-refractivity contribution in [2.45, 2.75) is 55.1 Å². The largest absolute Gasteiger partial charge is 0.379 e. The summed E-state index contributed by atoms with van der Waals surface area (Å²) < 4.78 is 32.0. The Morgan fingerprint density at radius 3 is 2.64 bits per heavy atom. The van der Waals surface area contributed by atoms with E-state index in [2.05, 4.69) is 20.5 Å². The summed E-state index contributed by atoms with van der Waals surface area (Å²) in [4.78, 5) is 17.0. The van der Waals surface area contributed by atoms with Crippen LogP contribution < -0.4 is 5.32 Å². The summed E-state index contributed by atoms with van der Waals surface area (Å²) in [6.45, 7) is 1.89. The molecule has 2 heterocycles. The normalized spacial score (nSPS) is 17.9. The number of thioether (sulfide) groups is 1. The van der Waals surface area contributed by atoms with Gasteiger partial charge in [0, 0.05) is 26.1 Å². The molecule has 1 saturated heterocycles. The van der Waals surface area contributed by atoms with Crippen molar-refractivity contribution in [3.8, 4) is 0 Å². The van der Waals surface area contributed by atoms with E-state index in [9.17, 15) is 13.2 Å². The van der Waals surface area contributed by atoms with Crippen molar-refractivity contribution < 1.29 is 17.9 Å². The maximum atomic E-state index is 12.7. The van der Waals surface area contributed by atoms with E-state index in [0.29, 0.717) is 38.0 Å². The second-order valence-electron chi connectivity index (χ2n) is 8.48. The van der Waals surface area contributed by atoms with Crippen molar-refractivity contribution in [2.75, 3.05) is 32.1 Å². The molecule has 1 saturated carbocycles. The molecule has 180 valence electrons. The Balaban J connectivity index is 1.19. The molecule has 1 aromatic carbocycles. The summed E-state index contributed by atoms with van der Waals surface area (Å²) in [7, 11) is -3.51. The number of sulfonamides is 1. The highest BCUT2D eigenvalue weighted by Crippen LogP contribution is 2.28. The number of rotatable bonds is 10. The standard InChI is InChI=1S/C22H31N5O4S2/c28-21(16-32-22-24-20(25-26-22)10-7-17-3-1-2-4-17)23-15-18-5-8-19(9-6-18)33(29,30)27-11-13-31-14-12-27/h5-6,8-9,17H,1-4,7,10-16H2,(H,23,28)(H,24,25,26). The lowest BCUT2D eigenvalue weighted by atomic mass is 10.0. The maximum Gasteiger partial charge on any atom is 0.243 e. The number of carbonyl (C=O) groups is 1. The average molecular weight is 494 g/mol. The van der Waals surface area contributed by atoms with Crippen LogP contribution in [0, 0.1) is 5.92 Å². The quantitative estimate of drug-likeness (QED) is 0.488. The van der Waals surface area contributed by atoms with E-state index < -0.39 is 10.0 Å². The van der Waals surface area contributed by atoms with Gasteiger partial charge < -0.3 is 10.1 Å². The van der Waals surface area contributed by atoms with E-state index in [1.54, 1.807) is 24.3 Å². The number of aromatic nitrogens is 3. The van der Waals surface area contributed by atoms with Gasteiger partial charge in [0.05, 0.1) is 23.9 Å². The molecular formula is C22H31N5O4S2. The Hall–Kier alpha value is -1.95. The Morgan fingerprint density at radius 2 is 1.91 bits per heavy atom. The molecule has 0 spiro atoms.